The number of nitrogens with zero attached hydrogens (tertiary/aromatic N) is 1. The van der Waals surface area contributed by atoms with E-state index in [-0.39, 0.29) is 0 Å². The van der Waals surface area contributed by atoms with E-state index < -0.39 is 0 Å². The molecule has 0 aromatic carbocycles. The average molecular weight is 159 g/mol. The summed E-state index contributed by atoms with van der Waals surface area (Å²) >= 11 is 0. The van der Waals surface area contributed by atoms with Gasteiger partial charge < -0.3 is 0 Å². The number of hydrogen-bond acceptors (Lipinski definition) is 1. The van der Waals surface area contributed by atoms with Crippen molar-refractivity contribution in [1.82, 2.24) is 4.98 Å². The van der Waals surface area contributed by atoms with Gasteiger partial charge in [0.2, 0.25) is 0 Å². The normalized spacial score (nSPS) is 13.9. The van der Waals surface area contributed by atoms with E-state index in [1.807, 2.05) is 6.20 Å². The lowest BCUT2D eigenvalue weighted by atomic mass is 10.1. The van der Waals surface area contributed by atoms with Crippen LogP contribution in [0.5, 0.6) is 0 Å². The standard InChI is InChI=1S/C11H13N/c1-8(2)11-6-9-4-3-5-10(9)7-12-11/h3-4,6-8H,5H2,1-2H3. The van der Waals surface area contributed by atoms with Gasteiger partial charge in [0, 0.05) is 11.9 Å². The van der Waals surface area contributed by atoms with Gasteiger partial charge in [0.05, 0.1) is 0 Å². The van der Waals surface area contributed by atoms with Gasteiger partial charge in [0.25, 0.3) is 0 Å². The van der Waals surface area contributed by atoms with E-state index in [0.29, 0.717) is 5.92 Å². The molecule has 0 atom stereocenters. The number of hydrogen-bond donors (Lipinski definition) is 0. The summed E-state index contributed by atoms with van der Waals surface area (Å²) in [4.78, 5) is 4.41. The van der Waals surface area contributed by atoms with Crippen LogP contribution in [0.15, 0.2) is 18.3 Å². The summed E-state index contributed by atoms with van der Waals surface area (Å²) in [6.07, 6.45) is 7.44. The fourth-order valence-corrected chi connectivity index (χ4v) is 1.47. The Balaban J connectivity index is 2.44. The molecule has 0 radical (unpaired) electrons. The molecule has 1 heterocycles. The van der Waals surface area contributed by atoms with E-state index in [4.69, 9.17) is 0 Å². The van der Waals surface area contributed by atoms with Gasteiger partial charge in [-0.15, -0.1) is 0 Å². The molecule has 1 heteroatoms. The fraction of sp³-hybridized carbons (Fsp3) is 0.364. The highest BCUT2D eigenvalue weighted by atomic mass is 14.7. The van der Waals surface area contributed by atoms with Crippen molar-refractivity contribution in [3.05, 3.63) is 35.2 Å². The SMILES string of the molecule is CC(C)c1cc2c(cn1)CC=C2. The number of pyridine rings is 1. The van der Waals surface area contributed by atoms with Gasteiger partial charge >= 0.3 is 0 Å². The Morgan fingerprint density at radius 1 is 1.42 bits per heavy atom. The van der Waals surface area contributed by atoms with Crippen LogP contribution in [-0.4, -0.2) is 4.98 Å². The number of aromatic nitrogens is 1. The third kappa shape index (κ3) is 1.15. The molecule has 0 saturated carbocycles. The second-order valence-electron chi connectivity index (χ2n) is 3.57. The number of allylic oxidation sites excluding steroid dienone is 1. The Bertz CT molecular complexity index is 324. The molecule has 1 aliphatic carbocycles. The quantitative estimate of drug-likeness (QED) is 0.614. The molecule has 0 spiro atoms. The van der Waals surface area contributed by atoms with Crippen molar-refractivity contribution >= 4 is 6.08 Å². The molecule has 0 saturated heterocycles. The van der Waals surface area contributed by atoms with E-state index in [1.165, 1.54) is 16.8 Å². The number of fused-ring (bicyclic) bond motifs is 1. The lowest BCUT2D eigenvalue weighted by Crippen LogP contribution is -1.94. The molecule has 0 N–H and O–H groups in total. The summed E-state index contributed by atoms with van der Waals surface area (Å²) in [6, 6.07) is 2.20. The Labute approximate surface area is 73.1 Å². The minimum atomic E-state index is 0.532. The molecular formula is C11H13N. The molecule has 0 unspecified atom stereocenters. The maximum Gasteiger partial charge on any atom is 0.0435 e. The Morgan fingerprint density at radius 3 is 3.00 bits per heavy atom. The second-order valence-corrected chi connectivity index (χ2v) is 3.57. The zero-order valence-electron chi connectivity index (χ0n) is 7.54. The molecule has 12 heavy (non-hydrogen) atoms. The first-order valence-corrected chi connectivity index (χ1v) is 4.43. The lowest BCUT2D eigenvalue weighted by Gasteiger charge is -2.05. The molecular weight excluding hydrogens is 146 g/mol. The highest BCUT2D eigenvalue weighted by molar-refractivity contribution is 5.59. The van der Waals surface area contributed by atoms with Crippen LogP contribution in [0.1, 0.15) is 36.6 Å². The van der Waals surface area contributed by atoms with Gasteiger partial charge in [0.1, 0.15) is 0 Å². The Morgan fingerprint density at radius 2 is 2.25 bits per heavy atom. The van der Waals surface area contributed by atoms with Crippen LogP contribution in [0.25, 0.3) is 6.08 Å². The van der Waals surface area contributed by atoms with Crippen molar-refractivity contribution < 1.29 is 0 Å². The molecule has 62 valence electrons. The molecule has 2 rings (SSSR count). The minimum Gasteiger partial charge on any atom is -0.261 e. The van der Waals surface area contributed by atoms with E-state index in [1.54, 1.807) is 0 Å². The fourth-order valence-electron chi connectivity index (χ4n) is 1.47. The molecule has 0 fully saturated rings. The van der Waals surface area contributed by atoms with E-state index in [9.17, 15) is 0 Å². The molecule has 0 bridgehead atoms. The van der Waals surface area contributed by atoms with Gasteiger partial charge in [-0.3, -0.25) is 4.98 Å². The predicted molar refractivity (Wildman–Crippen MR) is 51.1 cm³/mol. The third-order valence-corrected chi connectivity index (χ3v) is 2.27. The summed E-state index contributed by atoms with van der Waals surface area (Å²) in [5, 5.41) is 0. The third-order valence-electron chi connectivity index (χ3n) is 2.27. The maximum absolute atomic E-state index is 4.41. The summed E-state index contributed by atoms with van der Waals surface area (Å²) in [7, 11) is 0. The summed E-state index contributed by atoms with van der Waals surface area (Å²) in [6.45, 7) is 4.35. The smallest absolute Gasteiger partial charge is 0.0435 e. The number of rotatable bonds is 1. The van der Waals surface area contributed by atoms with Crippen LogP contribution >= 0.6 is 0 Å². The second kappa shape index (κ2) is 2.74. The molecule has 1 aliphatic rings. The van der Waals surface area contributed by atoms with Crippen LogP contribution in [-0.2, 0) is 6.42 Å². The van der Waals surface area contributed by atoms with Crippen LogP contribution in [0.4, 0.5) is 0 Å². The van der Waals surface area contributed by atoms with Gasteiger partial charge in [-0.25, -0.2) is 0 Å². The molecule has 0 amide bonds. The lowest BCUT2D eigenvalue weighted by molar-refractivity contribution is 0.820. The maximum atomic E-state index is 4.41. The van der Waals surface area contributed by atoms with E-state index >= 15 is 0 Å². The largest absolute Gasteiger partial charge is 0.261 e. The van der Waals surface area contributed by atoms with Crippen LogP contribution in [0.2, 0.25) is 0 Å². The van der Waals surface area contributed by atoms with E-state index in [2.05, 4.69) is 37.0 Å². The Hall–Kier alpha value is -1.11. The first kappa shape index (κ1) is 7.53. The zero-order chi connectivity index (χ0) is 8.55. The van der Waals surface area contributed by atoms with Gasteiger partial charge in [-0.1, -0.05) is 26.0 Å². The van der Waals surface area contributed by atoms with Crippen molar-refractivity contribution in [3.8, 4) is 0 Å². The molecule has 1 nitrogen and oxygen atoms in total. The molecule has 0 aliphatic heterocycles. The molecule has 1 aromatic rings. The van der Waals surface area contributed by atoms with Crippen LogP contribution < -0.4 is 0 Å². The van der Waals surface area contributed by atoms with Crippen molar-refractivity contribution in [2.75, 3.05) is 0 Å². The highest BCUT2D eigenvalue weighted by Crippen LogP contribution is 2.21. The van der Waals surface area contributed by atoms with Crippen molar-refractivity contribution in [2.45, 2.75) is 26.2 Å². The van der Waals surface area contributed by atoms with Gasteiger partial charge in [0.15, 0.2) is 0 Å². The van der Waals surface area contributed by atoms with Crippen LogP contribution in [0.3, 0.4) is 0 Å². The zero-order valence-corrected chi connectivity index (χ0v) is 7.54. The summed E-state index contributed by atoms with van der Waals surface area (Å²) < 4.78 is 0. The van der Waals surface area contributed by atoms with Crippen molar-refractivity contribution in [2.24, 2.45) is 0 Å². The average Bonchev–Trinajstić information content (AvgIpc) is 2.49. The highest BCUT2D eigenvalue weighted by Gasteiger charge is 2.07. The first-order chi connectivity index (χ1) is 5.77. The summed E-state index contributed by atoms with van der Waals surface area (Å²) in [5.41, 5.74) is 3.91. The van der Waals surface area contributed by atoms with Gasteiger partial charge in [-0.2, -0.15) is 0 Å². The molecule has 1 aromatic heterocycles. The van der Waals surface area contributed by atoms with Gasteiger partial charge in [-0.05, 0) is 29.5 Å². The Kier molecular flexibility index (Phi) is 1.72. The predicted octanol–water partition coefficient (Wildman–Crippen LogP) is 2.77. The van der Waals surface area contributed by atoms with Crippen molar-refractivity contribution in [1.29, 1.82) is 0 Å². The van der Waals surface area contributed by atoms with E-state index in [0.717, 1.165) is 6.42 Å². The minimum absolute atomic E-state index is 0.532. The monoisotopic (exact) mass is 159 g/mol. The topological polar surface area (TPSA) is 12.9 Å². The summed E-state index contributed by atoms with van der Waals surface area (Å²) in [5.74, 6) is 0.532. The first-order valence-electron chi connectivity index (χ1n) is 4.43. The van der Waals surface area contributed by atoms with Crippen LogP contribution in [0, 0.1) is 0 Å². The van der Waals surface area contributed by atoms with Crippen molar-refractivity contribution in [3.63, 3.8) is 0 Å².